The molecule has 21 heavy (non-hydrogen) atoms. The fraction of sp³-hybridized carbons (Fsp3) is 0.294. The van der Waals surface area contributed by atoms with Crippen LogP contribution in [0.25, 0.3) is 0 Å². The Morgan fingerprint density at radius 2 is 1.81 bits per heavy atom. The number of rotatable bonds is 5. The smallest absolute Gasteiger partial charge is 0.306 e. The van der Waals surface area contributed by atoms with Crippen molar-refractivity contribution in [2.24, 2.45) is 5.92 Å². The molecule has 0 saturated carbocycles. The largest absolute Gasteiger partial charge is 0.481 e. The van der Waals surface area contributed by atoms with E-state index in [9.17, 15) is 4.79 Å². The SMILES string of the molecule is CC(Cc1ccc(C(C)c2cccnc2)cc1)C(=O)O.Cl. The number of carbonyl (C=O) groups is 1. The van der Waals surface area contributed by atoms with Crippen LogP contribution in [0.1, 0.15) is 36.5 Å². The van der Waals surface area contributed by atoms with Crippen LogP contribution in [0.5, 0.6) is 0 Å². The van der Waals surface area contributed by atoms with Crippen molar-refractivity contribution in [3.05, 3.63) is 65.5 Å². The average molecular weight is 306 g/mol. The van der Waals surface area contributed by atoms with Crippen LogP contribution in [0.15, 0.2) is 48.8 Å². The molecule has 0 aliphatic heterocycles. The third-order valence-electron chi connectivity index (χ3n) is 3.63. The number of nitrogens with zero attached hydrogens (tertiary/aromatic N) is 1. The molecule has 112 valence electrons. The lowest BCUT2D eigenvalue weighted by Gasteiger charge is -2.13. The fourth-order valence-electron chi connectivity index (χ4n) is 2.21. The summed E-state index contributed by atoms with van der Waals surface area (Å²) in [6.45, 7) is 3.88. The number of aromatic nitrogens is 1. The zero-order valence-corrected chi connectivity index (χ0v) is 13.0. The van der Waals surface area contributed by atoms with Gasteiger partial charge in [0.15, 0.2) is 0 Å². The Labute approximate surface area is 131 Å². The van der Waals surface area contributed by atoms with Crippen LogP contribution >= 0.6 is 12.4 Å². The predicted octanol–water partition coefficient (Wildman–Crippen LogP) is 3.92. The van der Waals surface area contributed by atoms with Gasteiger partial charge in [0, 0.05) is 18.3 Å². The molecule has 2 unspecified atom stereocenters. The molecule has 0 radical (unpaired) electrons. The predicted molar refractivity (Wildman–Crippen MR) is 85.9 cm³/mol. The van der Waals surface area contributed by atoms with Crippen molar-refractivity contribution in [3.63, 3.8) is 0 Å². The highest BCUT2D eigenvalue weighted by Crippen LogP contribution is 2.24. The van der Waals surface area contributed by atoms with E-state index in [1.807, 2.05) is 24.4 Å². The number of benzene rings is 1. The Balaban J connectivity index is 0.00000220. The highest BCUT2D eigenvalue weighted by Gasteiger charge is 2.12. The number of aliphatic carboxylic acids is 1. The van der Waals surface area contributed by atoms with Gasteiger partial charge in [0.1, 0.15) is 0 Å². The molecule has 1 heterocycles. The maximum absolute atomic E-state index is 10.9. The minimum atomic E-state index is -0.752. The Bertz CT molecular complexity index is 569. The van der Waals surface area contributed by atoms with Crippen LogP contribution in [0.3, 0.4) is 0 Å². The van der Waals surface area contributed by atoms with Crippen molar-refractivity contribution < 1.29 is 9.90 Å². The van der Waals surface area contributed by atoms with E-state index in [0.29, 0.717) is 6.42 Å². The first-order valence-corrected chi connectivity index (χ1v) is 6.79. The summed E-state index contributed by atoms with van der Waals surface area (Å²) in [4.78, 5) is 15.0. The number of halogens is 1. The van der Waals surface area contributed by atoms with E-state index in [4.69, 9.17) is 5.11 Å². The van der Waals surface area contributed by atoms with Crippen molar-refractivity contribution in [2.45, 2.75) is 26.2 Å². The molecule has 2 rings (SSSR count). The third-order valence-corrected chi connectivity index (χ3v) is 3.63. The highest BCUT2D eigenvalue weighted by molar-refractivity contribution is 5.85. The van der Waals surface area contributed by atoms with Crippen LogP contribution in [0.4, 0.5) is 0 Å². The highest BCUT2D eigenvalue weighted by atomic mass is 35.5. The summed E-state index contributed by atoms with van der Waals surface area (Å²) in [6, 6.07) is 12.2. The molecule has 2 atom stereocenters. The van der Waals surface area contributed by atoms with E-state index in [-0.39, 0.29) is 24.2 Å². The summed E-state index contributed by atoms with van der Waals surface area (Å²) in [6.07, 6.45) is 4.22. The molecule has 0 spiro atoms. The van der Waals surface area contributed by atoms with Crippen molar-refractivity contribution in [3.8, 4) is 0 Å². The van der Waals surface area contributed by atoms with Crippen molar-refractivity contribution in [2.75, 3.05) is 0 Å². The monoisotopic (exact) mass is 305 g/mol. The lowest BCUT2D eigenvalue weighted by molar-refractivity contribution is -0.141. The molecule has 0 bridgehead atoms. The minimum absolute atomic E-state index is 0. The summed E-state index contributed by atoms with van der Waals surface area (Å²) < 4.78 is 0. The molecule has 0 amide bonds. The van der Waals surface area contributed by atoms with Gasteiger partial charge in [-0.05, 0) is 29.2 Å². The standard InChI is InChI=1S/C17H19NO2.ClH/c1-12(17(19)20)10-14-5-7-15(8-6-14)13(2)16-4-3-9-18-11-16;/h3-9,11-13H,10H2,1-2H3,(H,19,20);1H. The zero-order chi connectivity index (χ0) is 14.5. The van der Waals surface area contributed by atoms with E-state index in [2.05, 4.69) is 30.1 Å². The summed E-state index contributed by atoms with van der Waals surface area (Å²) >= 11 is 0. The normalized spacial score (nSPS) is 13.0. The van der Waals surface area contributed by atoms with Gasteiger partial charge in [-0.1, -0.05) is 44.2 Å². The molecule has 2 aromatic rings. The van der Waals surface area contributed by atoms with Gasteiger partial charge in [-0.25, -0.2) is 0 Å². The van der Waals surface area contributed by atoms with Crippen molar-refractivity contribution in [1.29, 1.82) is 0 Å². The van der Waals surface area contributed by atoms with Gasteiger partial charge in [-0.15, -0.1) is 12.4 Å². The van der Waals surface area contributed by atoms with Gasteiger partial charge in [0.25, 0.3) is 0 Å². The molecular weight excluding hydrogens is 286 g/mol. The molecule has 3 nitrogen and oxygen atoms in total. The molecule has 1 N–H and O–H groups in total. The summed E-state index contributed by atoms with van der Waals surface area (Å²) in [5, 5.41) is 8.93. The lowest BCUT2D eigenvalue weighted by Crippen LogP contribution is -2.12. The van der Waals surface area contributed by atoms with Crippen LogP contribution < -0.4 is 0 Å². The van der Waals surface area contributed by atoms with E-state index < -0.39 is 5.97 Å². The van der Waals surface area contributed by atoms with E-state index >= 15 is 0 Å². The number of hydrogen-bond donors (Lipinski definition) is 1. The first kappa shape index (κ1) is 17.2. The van der Waals surface area contributed by atoms with E-state index in [1.165, 1.54) is 11.1 Å². The number of carboxylic acid groups (broad SMARTS) is 1. The van der Waals surface area contributed by atoms with Gasteiger partial charge in [0.2, 0.25) is 0 Å². The number of pyridine rings is 1. The zero-order valence-electron chi connectivity index (χ0n) is 12.2. The second-order valence-corrected chi connectivity index (χ2v) is 5.19. The van der Waals surface area contributed by atoms with Crippen LogP contribution in [0.2, 0.25) is 0 Å². The lowest BCUT2D eigenvalue weighted by atomic mass is 9.92. The molecule has 0 aliphatic carbocycles. The van der Waals surface area contributed by atoms with Gasteiger partial charge < -0.3 is 5.11 Å². The molecule has 1 aromatic heterocycles. The third kappa shape index (κ3) is 4.57. The fourth-order valence-corrected chi connectivity index (χ4v) is 2.21. The van der Waals surface area contributed by atoms with Gasteiger partial charge in [-0.2, -0.15) is 0 Å². The minimum Gasteiger partial charge on any atom is -0.481 e. The second-order valence-electron chi connectivity index (χ2n) is 5.19. The van der Waals surface area contributed by atoms with E-state index in [0.717, 1.165) is 5.56 Å². The van der Waals surface area contributed by atoms with E-state index in [1.54, 1.807) is 13.1 Å². The molecule has 0 fully saturated rings. The summed E-state index contributed by atoms with van der Waals surface area (Å²) in [5.41, 5.74) is 3.45. The van der Waals surface area contributed by atoms with Gasteiger partial charge in [-0.3, -0.25) is 9.78 Å². The Morgan fingerprint density at radius 3 is 2.33 bits per heavy atom. The summed E-state index contributed by atoms with van der Waals surface area (Å²) in [7, 11) is 0. The molecular formula is C17H20ClNO2. The maximum Gasteiger partial charge on any atom is 0.306 e. The first-order valence-electron chi connectivity index (χ1n) is 6.79. The molecule has 0 aliphatic rings. The molecule has 1 aromatic carbocycles. The maximum atomic E-state index is 10.9. The van der Waals surface area contributed by atoms with Gasteiger partial charge >= 0.3 is 5.97 Å². The summed E-state index contributed by atoms with van der Waals surface area (Å²) in [5.74, 6) is -0.816. The molecule has 0 saturated heterocycles. The van der Waals surface area contributed by atoms with Crippen LogP contribution in [0, 0.1) is 5.92 Å². The Morgan fingerprint density at radius 1 is 1.14 bits per heavy atom. The van der Waals surface area contributed by atoms with Crippen LogP contribution in [-0.4, -0.2) is 16.1 Å². The molecule has 4 heteroatoms. The Hall–Kier alpha value is -1.87. The van der Waals surface area contributed by atoms with Gasteiger partial charge in [0.05, 0.1) is 5.92 Å². The van der Waals surface area contributed by atoms with Crippen molar-refractivity contribution in [1.82, 2.24) is 4.98 Å². The second kappa shape index (κ2) is 7.79. The number of carboxylic acids is 1. The quantitative estimate of drug-likeness (QED) is 0.911. The average Bonchev–Trinajstić information content (AvgIpc) is 2.48. The van der Waals surface area contributed by atoms with Crippen molar-refractivity contribution >= 4 is 18.4 Å². The van der Waals surface area contributed by atoms with Crippen LogP contribution in [-0.2, 0) is 11.2 Å². The Kier molecular flexibility index (Phi) is 6.38. The number of hydrogen-bond acceptors (Lipinski definition) is 2. The topological polar surface area (TPSA) is 50.2 Å². The first-order chi connectivity index (χ1) is 9.58.